The van der Waals surface area contributed by atoms with Gasteiger partial charge in [-0.25, -0.2) is 0 Å². The van der Waals surface area contributed by atoms with Crippen molar-refractivity contribution in [3.05, 3.63) is 35.4 Å². The van der Waals surface area contributed by atoms with Crippen molar-refractivity contribution in [1.29, 1.82) is 0 Å². The van der Waals surface area contributed by atoms with Crippen molar-refractivity contribution in [3.63, 3.8) is 0 Å². The molecular formula is C15H21F3. The van der Waals surface area contributed by atoms with Crippen LogP contribution in [0.1, 0.15) is 63.0 Å². The van der Waals surface area contributed by atoms with Gasteiger partial charge in [-0.1, -0.05) is 45.2 Å². The standard InChI is InChI=1S/C15H21F3/c1-3-5-6-7-12(4-2)13-8-10-14(11-9-13)15(16,17)18/h8-12H,3-7H2,1-2H3. The Hall–Kier alpha value is -0.990. The molecule has 18 heavy (non-hydrogen) atoms. The summed E-state index contributed by atoms with van der Waals surface area (Å²) in [6, 6.07) is 5.64. The predicted octanol–water partition coefficient (Wildman–Crippen LogP) is 5.78. The summed E-state index contributed by atoms with van der Waals surface area (Å²) in [5, 5.41) is 0. The third kappa shape index (κ3) is 4.35. The van der Waals surface area contributed by atoms with Gasteiger partial charge in [0.05, 0.1) is 5.56 Å². The van der Waals surface area contributed by atoms with Crippen LogP contribution < -0.4 is 0 Å². The molecule has 0 aromatic heterocycles. The van der Waals surface area contributed by atoms with Crippen molar-refractivity contribution >= 4 is 0 Å². The van der Waals surface area contributed by atoms with Crippen LogP contribution in [0.25, 0.3) is 0 Å². The van der Waals surface area contributed by atoms with E-state index in [-0.39, 0.29) is 0 Å². The largest absolute Gasteiger partial charge is 0.416 e. The second-order valence-electron chi connectivity index (χ2n) is 4.72. The van der Waals surface area contributed by atoms with Gasteiger partial charge >= 0.3 is 6.18 Å². The maximum Gasteiger partial charge on any atom is 0.416 e. The Bertz CT molecular complexity index is 338. The van der Waals surface area contributed by atoms with Gasteiger partial charge in [-0.05, 0) is 36.5 Å². The van der Waals surface area contributed by atoms with Gasteiger partial charge in [0.25, 0.3) is 0 Å². The average molecular weight is 258 g/mol. The summed E-state index contributed by atoms with van der Waals surface area (Å²) in [7, 11) is 0. The summed E-state index contributed by atoms with van der Waals surface area (Å²) >= 11 is 0. The first kappa shape index (κ1) is 15.1. The quantitative estimate of drug-likeness (QED) is 0.567. The molecular weight excluding hydrogens is 237 g/mol. The molecule has 0 bridgehead atoms. The number of halogens is 3. The first-order valence-electron chi connectivity index (χ1n) is 6.66. The Morgan fingerprint density at radius 3 is 2.06 bits per heavy atom. The van der Waals surface area contributed by atoms with Gasteiger partial charge in [0.2, 0.25) is 0 Å². The fourth-order valence-electron chi connectivity index (χ4n) is 2.19. The Kier molecular flexibility index (Phi) is 5.70. The fraction of sp³-hybridized carbons (Fsp3) is 0.600. The van der Waals surface area contributed by atoms with E-state index in [4.69, 9.17) is 0 Å². The van der Waals surface area contributed by atoms with Crippen molar-refractivity contribution in [2.75, 3.05) is 0 Å². The Balaban J connectivity index is 2.69. The number of benzene rings is 1. The molecule has 1 atom stereocenters. The van der Waals surface area contributed by atoms with E-state index in [1.807, 2.05) is 0 Å². The van der Waals surface area contributed by atoms with Crippen molar-refractivity contribution in [3.8, 4) is 0 Å². The summed E-state index contributed by atoms with van der Waals surface area (Å²) in [6.07, 6.45) is 1.32. The molecule has 0 aliphatic rings. The second kappa shape index (κ2) is 6.81. The number of rotatable bonds is 6. The predicted molar refractivity (Wildman–Crippen MR) is 68.6 cm³/mol. The minimum Gasteiger partial charge on any atom is -0.166 e. The smallest absolute Gasteiger partial charge is 0.166 e. The molecule has 0 fully saturated rings. The van der Waals surface area contributed by atoms with E-state index < -0.39 is 11.7 Å². The summed E-state index contributed by atoms with van der Waals surface area (Å²) in [6.45, 7) is 4.24. The Labute approximate surface area is 107 Å². The monoisotopic (exact) mass is 258 g/mol. The fourth-order valence-corrected chi connectivity index (χ4v) is 2.19. The van der Waals surface area contributed by atoms with Gasteiger partial charge in [-0.15, -0.1) is 0 Å². The minimum atomic E-state index is -4.23. The van der Waals surface area contributed by atoms with Crippen molar-refractivity contribution < 1.29 is 13.2 Å². The average Bonchev–Trinajstić information content (AvgIpc) is 2.34. The summed E-state index contributed by atoms with van der Waals surface area (Å²) < 4.78 is 37.4. The lowest BCUT2D eigenvalue weighted by Gasteiger charge is -2.16. The second-order valence-corrected chi connectivity index (χ2v) is 4.72. The molecule has 1 aromatic carbocycles. The molecule has 0 radical (unpaired) electrons. The third-order valence-corrected chi connectivity index (χ3v) is 3.36. The Morgan fingerprint density at radius 2 is 1.61 bits per heavy atom. The van der Waals surface area contributed by atoms with Crippen LogP contribution in [0.2, 0.25) is 0 Å². The molecule has 0 saturated heterocycles. The zero-order valence-corrected chi connectivity index (χ0v) is 11.1. The van der Waals surface area contributed by atoms with Crippen molar-refractivity contribution in [2.45, 2.75) is 58.0 Å². The molecule has 0 heterocycles. The van der Waals surface area contributed by atoms with Crippen LogP contribution in [0.15, 0.2) is 24.3 Å². The van der Waals surface area contributed by atoms with Crippen LogP contribution in [0.5, 0.6) is 0 Å². The number of unbranched alkanes of at least 4 members (excludes halogenated alkanes) is 2. The summed E-state index contributed by atoms with van der Waals surface area (Å²) in [5.74, 6) is 0.388. The zero-order chi connectivity index (χ0) is 13.6. The van der Waals surface area contributed by atoms with Gasteiger partial charge in [-0.3, -0.25) is 0 Å². The zero-order valence-electron chi connectivity index (χ0n) is 11.1. The molecule has 3 heteroatoms. The van der Waals surface area contributed by atoms with Crippen molar-refractivity contribution in [1.82, 2.24) is 0 Å². The first-order chi connectivity index (χ1) is 8.49. The highest BCUT2D eigenvalue weighted by molar-refractivity contribution is 5.27. The number of alkyl halides is 3. The third-order valence-electron chi connectivity index (χ3n) is 3.36. The lowest BCUT2D eigenvalue weighted by Crippen LogP contribution is -2.05. The van der Waals surface area contributed by atoms with E-state index in [0.29, 0.717) is 5.92 Å². The molecule has 0 saturated carbocycles. The van der Waals surface area contributed by atoms with E-state index in [1.54, 1.807) is 12.1 Å². The summed E-state index contributed by atoms with van der Waals surface area (Å²) in [5.41, 5.74) is 0.469. The molecule has 0 amide bonds. The van der Waals surface area contributed by atoms with Crippen LogP contribution >= 0.6 is 0 Å². The molecule has 1 aromatic rings. The minimum absolute atomic E-state index is 0.388. The maximum atomic E-state index is 12.5. The lowest BCUT2D eigenvalue weighted by molar-refractivity contribution is -0.137. The normalized spacial score (nSPS) is 13.6. The summed E-state index contributed by atoms with van der Waals surface area (Å²) in [4.78, 5) is 0. The van der Waals surface area contributed by atoms with E-state index >= 15 is 0 Å². The molecule has 0 aliphatic carbocycles. The molecule has 0 N–H and O–H groups in total. The van der Waals surface area contributed by atoms with Gasteiger partial charge in [0, 0.05) is 0 Å². The Morgan fingerprint density at radius 1 is 1.00 bits per heavy atom. The number of hydrogen-bond donors (Lipinski definition) is 0. The first-order valence-corrected chi connectivity index (χ1v) is 6.66. The van der Waals surface area contributed by atoms with E-state index in [2.05, 4.69) is 13.8 Å². The topological polar surface area (TPSA) is 0 Å². The van der Waals surface area contributed by atoms with Crippen LogP contribution in [-0.2, 0) is 6.18 Å². The molecule has 0 nitrogen and oxygen atoms in total. The van der Waals surface area contributed by atoms with Gasteiger partial charge in [0.15, 0.2) is 0 Å². The molecule has 1 rings (SSSR count). The molecule has 0 aliphatic heterocycles. The highest BCUT2D eigenvalue weighted by atomic mass is 19.4. The molecule has 1 unspecified atom stereocenters. The SMILES string of the molecule is CCCCCC(CC)c1ccc(C(F)(F)F)cc1. The maximum absolute atomic E-state index is 12.5. The van der Waals surface area contributed by atoms with Crippen molar-refractivity contribution in [2.24, 2.45) is 0 Å². The van der Waals surface area contributed by atoms with E-state index in [9.17, 15) is 13.2 Å². The molecule has 102 valence electrons. The highest BCUT2D eigenvalue weighted by Gasteiger charge is 2.30. The van der Waals surface area contributed by atoms with Crippen LogP contribution in [-0.4, -0.2) is 0 Å². The van der Waals surface area contributed by atoms with Crippen LogP contribution in [0.3, 0.4) is 0 Å². The van der Waals surface area contributed by atoms with Gasteiger partial charge < -0.3 is 0 Å². The molecule has 0 spiro atoms. The number of hydrogen-bond acceptors (Lipinski definition) is 0. The van der Waals surface area contributed by atoms with Crippen LogP contribution in [0, 0.1) is 0 Å². The van der Waals surface area contributed by atoms with E-state index in [1.165, 1.54) is 25.0 Å². The van der Waals surface area contributed by atoms with Crippen LogP contribution in [0.4, 0.5) is 13.2 Å². The lowest BCUT2D eigenvalue weighted by atomic mass is 9.90. The highest BCUT2D eigenvalue weighted by Crippen LogP contribution is 2.32. The van der Waals surface area contributed by atoms with Gasteiger partial charge in [-0.2, -0.15) is 13.2 Å². The van der Waals surface area contributed by atoms with Gasteiger partial charge in [0.1, 0.15) is 0 Å². The van der Waals surface area contributed by atoms with E-state index in [0.717, 1.165) is 24.8 Å².